The van der Waals surface area contributed by atoms with Crippen LogP contribution in [-0.4, -0.2) is 65.6 Å². The van der Waals surface area contributed by atoms with Gasteiger partial charge in [0.05, 0.1) is 17.4 Å². The summed E-state index contributed by atoms with van der Waals surface area (Å²) in [7, 11) is 1.79. The zero-order valence-electron chi connectivity index (χ0n) is 19.3. The molecule has 0 N–H and O–H groups in total. The smallest absolute Gasteiger partial charge is 0.274 e. The van der Waals surface area contributed by atoms with Crippen molar-refractivity contribution < 1.29 is 9.59 Å². The highest BCUT2D eigenvalue weighted by Gasteiger charge is 2.58. The summed E-state index contributed by atoms with van der Waals surface area (Å²) in [6.07, 6.45) is 9.84. The molecule has 2 fully saturated rings. The lowest BCUT2D eigenvalue weighted by molar-refractivity contribution is -0.136. The maximum atomic E-state index is 13.9. The van der Waals surface area contributed by atoms with Crippen LogP contribution in [0.5, 0.6) is 0 Å². The molecule has 9 nitrogen and oxygen atoms in total. The van der Waals surface area contributed by atoms with Crippen LogP contribution in [0.2, 0.25) is 0 Å². The molecule has 3 aromatic rings. The molecule has 0 aliphatic carbocycles. The second-order valence-corrected chi connectivity index (χ2v) is 9.45. The molecule has 172 valence electrons. The third-order valence-electron chi connectivity index (χ3n) is 6.97. The number of carbonyl (C=O) groups is 2. The van der Waals surface area contributed by atoms with Crippen molar-refractivity contribution in [3.8, 4) is 0 Å². The Balaban J connectivity index is 1.47. The van der Waals surface area contributed by atoms with E-state index in [0.29, 0.717) is 38.3 Å². The van der Waals surface area contributed by atoms with Gasteiger partial charge in [0.25, 0.3) is 5.91 Å². The molecule has 9 heteroatoms. The van der Waals surface area contributed by atoms with Gasteiger partial charge in [0.1, 0.15) is 5.69 Å². The summed E-state index contributed by atoms with van der Waals surface area (Å²) in [5, 5.41) is 4.29. The van der Waals surface area contributed by atoms with Gasteiger partial charge in [0.15, 0.2) is 0 Å². The molecule has 0 saturated carbocycles. The van der Waals surface area contributed by atoms with Gasteiger partial charge in [-0.3, -0.25) is 19.3 Å². The molecule has 1 spiro atoms. The predicted molar refractivity (Wildman–Crippen MR) is 121 cm³/mol. The fourth-order valence-corrected chi connectivity index (χ4v) is 5.14. The Hall–Kier alpha value is -3.49. The molecule has 0 radical (unpaired) electrons. The third kappa shape index (κ3) is 3.71. The summed E-state index contributed by atoms with van der Waals surface area (Å²) in [6, 6.07) is 5.87. The third-order valence-corrected chi connectivity index (χ3v) is 6.97. The SMILES string of the molecule is CC(C)n1cnc([C@@H]2CN(C(=O)c3ccn(C)n3)C[C@@]23CCN(Cc2cccnc2)C3=O)c1. The minimum absolute atomic E-state index is 0.0896. The number of imidazole rings is 1. The highest BCUT2D eigenvalue weighted by atomic mass is 16.2. The van der Waals surface area contributed by atoms with Gasteiger partial charge in [-0.25, -0.2) is 4.98 Å². The van der Waals surface area contributed by atoms with Crippen molar-refractivity contribution in [2.24, 2.45) is 12.5 Å². The quantitative estimate of drug-likeness (QED) is 0.599. The van der Waals surface area contributed by atoms with E-state index < -0.39 is 5.41 Å². The Labute approximate surface area is 193 Å². The molecule has 2 amide bonds. The normalized spacial score (nSPS) is 22.8. The van der Waals surface area contributed by atoms with Crippen molar-refractivity contribution in [1.29, 1.82) is 0 Å². The van der Waals surface area contributed by atoms with Crippen molar-refractivity contribution in [3.05, 3.63) is 66.3 Å². The van der Waals surface area contributed by atoms with Crippen LogP contribution in [0.1, 0.15) is 54.0 Å². The molecule has 0 bridgehead atoms. The lowest BCUT2D eigenvalue weighted by Gasteiger charge is -2.27. The molecule has 33 heavy (non-hydrogen) atoms. The van der Waals surface area contributed by atoms with Crippen molar-refractivity contribution in [1.82, 2.24) is 34.1 Å². The topological polar surface area (TPSA) is 89.2 Å². The Morgan fingerprint density at radius 3 is 2.82 bits per heavy atom. The van der Waals surface area contributed by atoms with E-state index in [2.05, 4.69) is 33.5 Å². The van der Waals surface area contributed by atoms with E-state index in [4.69, 9.17) is 0 Å². The summed E-state index contributed by atoms with van der Waals surface area (Å²) in [6.45, 7) is 6.21. The minimum atomic E-state index is -0.678. The second kappa shape index (κ2) is 8.13. The number of hydrogen-bond donors (Lipinski definition) is 0. The number of aryl methyl sites for hydroxylation is 1. The van der Waals surface area contributed by atoms with Gasteiger partial charge in [0.2, 0.25) is 5.91 Å². The fraction of sp³-hybridized carbons (Fsp3) is 0.458. The number of aromatic nitrogens is 5. The highest BCUT2D eigenvalue weighted by Crippen LogP contribution is 2.50. The van der Waals surface area contributed by atoms with E-state index in [9.17, 15) is 9.59 Å². The van der Waals surface area contributed by atoms with E-state index >= 15 is 0 Å². The lowest BCUT2D eigenvalue weighted by atomic mass is 9.75. The summed E-state index contributed by atoms with van der Waals surface area (Å²) >= 11 is 0. The zero-order chi connectivity index (χ0) is 23.2. The summed E-state index contributed by atoms with van der Waals surface area (Å²) in [5.41, 5.74) is 1.60. The highest BCUT2D eigenvalue weighted by molar-refractivity contribution is 5.94. The standard InChI is InChI=1S/C24H29N7O2/c1-17(2)31-14-21(26-16-31)19-13-30(22(32)20-6-9-28(3)27-20)15-24(19)7-10-29(23(24)33)12-18-5-4-8-25-11-18/h4-6,8-9,11,14,16-17,19H,7,10,12-13,15H2,1-3H3/t19-,24-/m0/s1. The largest absolute Gasteiger partial charge is 0.338 e. The Kier molecular flexibility index (Phi) is 5.26. The maximum absolute atomic E-state index is 13.9. The summed E-state index contributed by atoms with van der Waals surface area (Å²) in [4.78, 5) is 39.7. The molecule has 0 aromatic carbocycles. The Morgan fingerprint density at radius 1 is 1.30 bits per heavy atom. The van der Waals surface area contributed by atoms with E-state index in [-0.39, 0.29) is 23.8 Å². The minimum Gasteiger partial charge on any atom is -0.338 e. The first-order valence-electron chi connectivity index (χ1n) is 11.4. The van der Waals surface area contributed by atoms with Crippen LogP contribution in [-0.2, 0) is 18.4 Å². The van der Waals surface area contributed by atoms with Crippen molar-refractivity contribution >= 4 is 11.8 Å². The first-order valence-corrected chi connectivity index (χ1v) is 11.4. The van der Waals surface area contributed by atoms with E-state index in [1.165, 1.54) is 0 Å². The van der Waals surface area contributed by atoms with Gasteiger partial charge in [-0.05, 0) is 38.0 Å². The Morgan fingerprint density at radius 2 is 2.15 bits per heavy atom. The van der Waals surface area contributed by atoms with Gasteiger partial charge in [0, 0.05) is 70.0 Å². The first-order chi connectivity index (χ1) is 15.9. The number of carbonyl (C=O) groups excluding carboxylic acids is 2. The van der Waals surface area contributed by atoms with Crippen LogP contribution in [0.4, 0.5) is 0 Å². The lowest BCUT2D eigenvalue weighted by Crippen LogP contribution is -2.40. The van der Waals surface area contributed by atoms with Crippen LogP contribution < -0.4 is 0 Å². The number of rotatable bonds is 5. The molecule has 2 atom stereocenters. The molecular weight excluding hydrogens is 418 g/mol. The van der Waals surface area contributed by atoms with Gasteiger partial charge in [-0.2, -0.15) is 5.10 Å². The molecule has 5 rings (SSSR count). The molecule has 2 aliphatic heterocycles. The number of amides is 2. The summed E-state index contributed by atoms with van der Waals surface area (Å²) in [5.74, 6) is -0.206. The molecular formula is C24H29N7O2. The number of nitrogens with zero attached hydrogens (tertiary/aromatic N) is 7. The van der Waals surface area contributed by atoms with Crippen LogP contribution in [0, 0.1) is 5.41 Å². The van der Waals surface area contributed by atoms with Gasteiger partial charge >= 0.3 is 0 Å². The average Bonchev–Trinajstić information content (AvgIpc) is 3.58. The van der Waals surface area contributed by atoms with Crippen LogP contribution >= 0.6 is 0 Å². The van der Waals surface area contributed by atoms with Crippen LogP contribution in [0.25, 0.3) is 0 Å². The van der Waals surface area contributed by atoms with Crippen LogP contribution in [0.3, 0.4) is 0 Å². The maximum Gasteiger partial charge on any atom is 0.274 e. The van der Waals surface area contributed by atoms with Crippen molar-refractivity contribution in [2.75, 3.05) is 19.6 Å². The Bertz CT molecular complexity index is 1170. The van der Waals surface area contributed by atoms with E-state index in [0.717, 1.165) is 11.3 Å². The molecule has 5 heterocycles. The molecule has 3 aromatic heterocycles. The van der Waals surface area contributed by atoms with Crippen LogP contribution in [0.15, 0.2) is 49.3 Å². The number of pyridine rings is 1. The van der Waals surface area contributed by atoms with Gasteiger partial charge in [-0.1, -0.05) is 6.07 Å². The monoisotopic (exact) mass is 447 g/mol. The molecule has 0 unspecified atom stereocenters. The predicted octanol–water partition coefficient (Wildman–Crippen LogP) is 2.25. The number of hydrogen-bond acceptors (Lipinski definition) is 5. The van der Waals surface area contributed by atoms with E-state index in [1.54, 1.807) is 41.3 Å². The van der Waals surface area contributed by atoms with Crippen molar-refractivity contribution in [3.63, 3.8) is 0 Å². The first kappa shape index (κ1) is 21.4. The summed E-state index contributed by atoms with van der Waals surface area (Å²) < 4.78 is 3.68. The fourth-order valence-electron chi connectivity index (χ4n) is 5.14. The zero-order valence-corrected chi connectivity index (χ0v) is 19.3. The van der Waals surface area contributed by atoms with Gasteiger partial charge < -0.3 is 14.4 Å². The van der Waals surface area contributed by atoms with E-state index in [1.807, 2.05) is 29.6 Å². The number of likely N-dealkylation sites (tertiary alicyclic amines) is 2. The molecule has 2 saturated heterocycles. The second-order valence-electron chi connectivity index (χ2n) is 9.45. The molecule has 2 aliphatic rings. The van der Waals surface area contributed by atoms with Gasteiger partial charge in [-0.15, -0.1) is 0 Å². The average molecular weight is 448 g/mol. The van der Waals surface area contributed by atoms with Crippen molar-refractivity contribution in [2.45, 2.75) is 38.8 Å².